The minimum atomic E-state index is -0.533. The Morgan fingerprint density at radius 3 is 2.56 bits per heavy atom. The molecular formula is C19H20Cl2FN3OS. The van der Waals surface area contributed by atoms with Crippen molar-refractivity contribution in [2.24, 2.45) is 0 Å². The number of aromatic nitrogens is 1. The predicted octanol–water partition coefficient (Wildman–Crippen LogP) is 5.11. The van der Waals surface area contributed by atoms with Crippen molar-refractivity contribution in [2.45, 2.75) is 6.42 Å². The van der Waals surface area contributed by atoms with Gasteiger partial charge in [-0.15, -0.1) is 12.4 Å². The van der Waals surface area contributed by atoms with Crippen LogP contribution in [0.15, 0.2) is 42.5 Å². The lowest BCUT2D eigenvalue weighted by molar-refractivity contribution is 0.0982. The maximum atomic E-state index is 14.1. The molecule has 0 radical (unpaired) electrons. The number of hydrogen-bond donors (Lipinski definition) is 0. The number of rotatable bonds is 6. The molecule has 1 aromatic heterocycles. The van der Waals surface area contributed by atoms with E-state index in [1.807, 2.05) is 31.1 Å². The molecule has 0 spiro atoms. The molecule has 3 rings (SSSR count). The first-order valence-corrected chi connectivity index (χ1v) is 9.43. The van der Waals surface area contributed by atoms with Crippen LogP contribution in [-0.2, 0) is 0 Å². The maximum absolute atomic E-state index is 14.1. The number of carbonyl (C=O) groups excluding carboxylic acids is 1. The normalized spacial score (nSPS) is 10.9. The smallest absolute Gasteiger partial charge is 0.263 e. The SMILES string of the molecule is CN(C)CCCN(C(=O)c1ccccc1F)c1nc2c(Cl)cccc2s1.Cl. The van der Waals surface area contributed by atoms with Crippen LogP contribution in [-0.4, -0.2) is 43.0 Å². The van der Waals surface area contributed by atoms with E-state index < -0.39 is 11.7 Å². The fourth-order valence-corrected chi connectivity index (χ4v) is 3.92. The first kappa shape index (κ1) is 21.6. The fourth-order valence-electron chi connectivity index (χ4n) is 2.63. The highest BCUT2D eigenvalue weighted by Gasteiger charge is 2.23. The number of halogens is 3. The summed E-state index contributed by atoms with van der Waals surface area (Å²) in [6.07, 6.45) is 0.747. The van der Waals surface area contributed by atoms with Crippen LogP contribution in [0.1, 0.15) is 16.8 Å². The predicted molar refractivity (Wildman–Crippen MR) is 113 cm³/mol. The number of benzene rings is 2. The van der Waals surface area contributed by atoms with E-state index in [9.17, 15) is 9.18 Å². The quantitative estimate of drug-likeness (QED) is 0.548. The van der Waals surface area contributed by atoms with Crippen LogP contribution < -0.4 is 4.90 Å². The molecular weight excluding hydrogens is 408 g/mol. The Morgan fingerprint density at radius 1 is 1.15 bits per heavy atom. The second-order valence-electron chi connectivity index (χ2n) is 6.18. The van der Waals surface area contributed by atoms with Crippen molar-refractivity contribution in [1.29, 1.82) is 0 Å². The Morgan fingerprint density at radius 2 is 1.89 bits per heavy atom. The number of carbonyl (C=O) groups is 1. The second-order valence-corrected chi connectivity index (χ2v) is 7.59. The molecule has 0 atom stereocenters. The summed E-state index contributed by atoms with van der Waals surface area (Å²) in [7, 11) is 3.95. The summed E-state index contributed by atoms with van der Waals surface area (Å²) in [5, 5.41) is 1.07. The first-order chi connectivity index (χ1) is 12.5. The monoisotopic (exact) mass is 427 g/mol. The van der Waals surface area contributed by atoms with Crippen LogP contribution >= 0.6 is 35.3 Å². The van der Waals surface area contributed by atoms with E-state index in [-0.39, 0.29) is 18.0 Å². The second kappa shape index (κ2) is 9.46. The summed E-state index contributed by atoms with van der Waals surface area (Å²) >= 11 is 7.60. The molecule has 0 N–H and O–H groups in total. The Hall–Kier alpha value is -1.73. The van der Waals surface area contributed by atoms with Gasteiger partial charge in [0.15, 0.2) is 5.13 Å². The molecule has 3 aromatic rings. The van der Waals surface area contributed by atoms with Gasteiger partial charge in [-0.05, 0) is 51.3 Å². The molecule has 0 aliphatic heterocycles. The summed E-state index contributed by atoms with van der Waals surface area (Å²) in [4.78, 5) is 21.1. The zero-order chi connectivity index (χ0) is 18.7. The van der Waals surface area contributed by atoms with Crippen LogP contribution in [0, 0.1) is 5.82 Å². The molecule has 8 heteroatoms. The van der Waals surface area contributed by atoms with Gasteiger partial charge in [0.1, 0.15) is 11.3 Å². The van der Waals surface area contributed by atoms with Gasteiger partial charge in [0.2, 0.25) is 0 Å². The van der Waals surface area contributed by atoms with Gasteiger partial charge in [-0.2, -0.15) is 0 Å². The van der Waals surface area contributed by atoms with E-state index in [0.717, 1.165) is 17.7 Å². The highest BCUT2D eigenvalue weighted by atomic mass is 35.5. The molecule has 0 saturated heterocycles. The van der Waals surface area contributed by atoms with Gasteiger partial charge in [0.25, 0.3) is 5.91 Å². The minimum absolute atomic E-state index is 0. The van der Waals surface area contributed by atoms with Gasteiger partial charge in [-0.1, -0.05) is 41.1 Å². The van der Waals surface area contributed by atoms with Gasteiger partial charge in [0.05, 0.1) is 15.3 Å². The molecule has 0 fully saturated rings. The van der Waals surface area contributed by atoms with E-state index in [1.165, 1.54) is 23.5 Å². The zero-order valence-corrected chi connectivity index (χ0v) is 17.4. The molecule has 0 saturated carbocycles. The van der Waals surface area contributed by atoms with E-state index in [4.69, 9.17) is 11.6 Å². The van der Waals surface area contributed by atoms with E-state index in [0.29, 0.717) is 22.2 Å². The van der Waals surface area contributed by atoms with Gasteiger partial charge < -0.3 is 4.90 Å². The minimum Gasteiger partial charge on any atom is -0.309 e. The van der Waals surface area contributed by atoms with Crippen LogP contribution in [0.5, 0.6) is 0 Å². The van der Waals surface area contributed by atoms with Gasteiger partial charge in [-0.25, -0.2) is 9.37 Å². The van der Waals surface area contributed by atoms with Crippen molar-refractivity contribution >= 4 is 56.6 Å². The van der Waals surface area contributed by atoms with Crippen molar-refractivity contribution < 1.29 is 9.18 Å². The molecule has 4 nitrogen and oxygen atoms in total. The van der Waals surface area contributed by atoms with Crippen LogP contribution in [0.4, 0.5) is 9.52 Å². The maximum Gasteiger partial charge on any atom is 0.263 e. The average molecular weight is 428 g/mol. The molecule has 0 unspecified atom stereocenters. The summed E-state index contributed by atoms with van der Waals surface area (Å²) < 4.78 is 15.0. The van der Waals surface area contributed by atoms with Crippen molar-refractivity contribution in [2.75, 3.05) is 32.1 Å². The number of nitrogens with zero attached hydrogens (tertiary/aromatic N) is 3. The van der Waals surface area contributed by atoms with E-state index >= 15 is 0 Å². The number of fused-ring (bicyclic) bond motifs is 1. The van der Waals surface area contributed by atoms with Crippen molar-refractivity contribution in [3.8, 4) is 0 Å². The Kier molecular flexibility index (Phi) is 7.56. The molecule has 1 amide bonds. The lowest BCUT2D eigenvalue weighted by Crippen LogP contribution is -2.34. The topological polar surface area (TPSA) is 36.4 Å². The number of anilines is 1. The number of thiazole rings is 1. The molecule has 0 bridgehead atoms. The fraction of sp³-hybridized carbons (Fsp3) is 0.263. The molecule has 1 heterocycles. The molecule has 0 aliphatic carbocycles. The van der Waals surface area contributed by atoms with E-state index in [1.54, 1.807) is 23.1 Å². The number of amides is 1. The van der Waals surface area contributed by atoms with Gasteiger partial charge in [-0.3, -0.25) is 9.69 Å². The lowest BCUT2D eigenvalue weighted by atomic mass is 10.2. The third-order valence-corrected chi connectivity index (χ3v) is 5.27. The molecule has 0 aliphatic rings. The summed E-state index contributed by atoms with van der Waals surface area (Å²) in [6, 6.07) is 11.5. The summed E-state index contributed by atoms with van der Waals surface area (Å²) in [5.41, 5.74) is 0.704. The van der Waals surface area contributed by atoms with Crippen molar-refractivity contribution in [1.82, 2.24) is 9.88 Å². The highest BCUT2D eigenvalue weighted by molar-refractivity contribution is 7.22. The Balaban J connectivity index is 0.00000261. The molecule has 2 aromatic carbocycles. The van der Waals surface area contributed by atoms with Crippen LogP contribution in [0.3, 0.4) is 0 Å². The van der Waals surface area contributed by atoms with Gasteiger partial charge >= 0.3 is 0 Å². The third-order valence-electron chi connectivity index (χ3n) is 3.93. The van der Waals surface area contributed by atoms with Crippen LogP contribution in [0.2, 0.25) is 5.02 Å². The van der Waals surface area contributed by atoms with Crippen LogP contribution in [0.25, 0.3) is 10.2 Å². The number of hydrogen-bond acceptors (Lipinski definition) is 4. The first-order valence-electron chi connectivity index (χ1n) is 8.23. The molecule has 27 heavy (non-hydrogen) atoms. The number of para-hydroxylation sites is 1. The van der Waals surface area contributed by atoms with Crippen molar-refractivity contribution in [3.05, 3.63) is 58.9 Å². The Labute approximate surface area is 173 Å². The zero-order valence-electron chi connectivity index (χ0n) is 15.0. The summed E-state index contributed by atoms with van der Waals surface area (Å²) in [5.74, 6) is -0.925. The lowest BCUT2D eigenvalue weighted by Gasteiger charge is -2.21. The van der Waals surface area contributed by atoms with Crippen molar-refractivity contribution in [3.63, 3.8) is 0 Å². The highest BCUT2D eigenvalue weighted by Crippen LogP contribution is 2.33. The van der Waals surface area contributed by atoms with Gasteiger partial charge in [0, 0.05) is 6.54 Å². The van der Waals surface area contributed by atoms with E-state index in [2.05, 4.69) is 4.98 Å². The standard InChI is InChI=1S/C19H19ClFN3OS.ClH/c1-23(2)11-6-12-24(18(25)13-7-3-4-9-15(13)21)19-22-17-14(20)8-5-10-16(17)26-19;/h3-5,7-10H,6,11-12H2,1-2H3;1H. The average Bonchev–Trinajstić information content (AvgIpc) is 3.03. The molecule has 144 valence electrons. The third kappa shape index (κ3) is 4.96. The summed E-state index contributed by atoms with van der Waals surface area (Å²) in [6.45, 7) is 1.26. The largest absolute Gasteiger partial charge is 0.309 e. The Bertz CT molecular complexity index is 932.